The SMILES string of the molecule is [CH]Cc1cc2ccccc2c(-c2ccc(F)c(C)c2)n1. The molecule has 3 rings (SSSR count). The second kappa shape index (κ2) is 5.04. The van der Waals surface area contributed by atoms with Crippen LogP contribution in [-0.2, 0) is 6.42 Å². The number of hydrogen-bond donors (Lipinski definition) is 0. The Bertz CT molecular complexity index is 777. The molecule has 1 nitrogen and oxygen atoms in total. The number of hydrogen-bond acceptors (Lipinski definition) is 1. The van der Waals surface area contributed by atoms with E-state index in [1.54, 1.807) is 13.0 Å². The second-order valence-corrected chi connectivity index (χ2v) is 4.85. The van der Waals surface area contributed by atoms with Crippen molar-refractivity contribution < 1.29 is 4.39 Å². The number of pyridine rings is 1. The summed E-state index contributed by atoms with van der Waals surface area (Å²) in [6.07, 6.45) is 0.387. The highest BCUT2D eigenvalue weighted by molar-refractivity contribution is 5.94. The lowest BCUT2D eigenvalue weighted by Crippen LogP contribution is -1.94. The van der Waals surface area contributed by atoms with Crippen LogP contribution in [0.2, 0.25) is 0 Å². The van der Waals surface area contributed by atoms with Crippen molar-refractivity contribution in [2.45, 2.75) is 13.3 Å². The minimum Gasteiger partial charge on any atom is -0.252 e. The molecule has 0 N–H and O–H groups in total. The van der Waals surface area contributed by atoms with Crippen LogP contribution in [-0.4, -0.2) is 4.98 Å². The molecular formula is C18H14FN. The van der Waals surface area contributed by atoms with Gasteiger partial charge in [-0.1, -0.05) is 24.3 Å². The number of fused-ring (bicyclic) bond motifs is 1. The zero-order chi connectivity index (χ0) is 14.1. The Kier molecular flexibility index (Phi) is 3.23. The zero-order valence-electron chi connectivity index (χ0n) is 11.2. The number of nitrogens with zero attached hydrogens (tertiary/aromatic N) is 1. The van der Waals surface area contributed by atoms with E-state index < -0.39 is 0 Å². The molecule has 0 bridgehead atoms. The first-order valence-corrected chi connectivity index (χ1v) is 6.54. The molecule has 0 aliphatic heterocycles. The van der Waals surface area contributed by atoms with E-state index in [-0.39, 0.29) is 5.82 Å². The van der Waals surface area contributed by atoms with Crippen LogP contribution in [0.4, 0.5) is 4.39 Å². The maximum absolute atomic E-state index is 13.4. The molecular weight excluding hydrogens is 249 g/mol. The molecule has 0 aliphatic rings. The van der Waals surface area contributed by atoms with Crippen molar-refractivity contribution in [2.75, 3.05) is 0 Å². The van der Waals surface area contributed by atoms with Gasteiger partial charge >= 0.3 is 0 Å². The average Bonchev–Trinajstić information content (AvgIpc) is 2.49. The van der Waals surface area contributed by atoms with E-state index in [1.165, 1.54) is 6.07 Å². The zero-order valence-corrected chi connectivity index (χ0v) is 11.2. The molecule has 0 atom stereocenters. The third kappa shape index (κ3) is 2.18. The summed E-state index contributed by atoms with van der Waals surface area (Å²) in [6.45, 7) is 7.48. The molecule has 2 heteroatoms. The van der Waals surface area contributed by atoms with E-state index in [1.807, 2.05) is 36.4 Å². The lowest BCUT2D eigenvalue weighted by molar-refractivity contribution is 0.619. The van der Waals surface area contributed by atoms with Gasteiger partial charge in [-0.15, -0.1) is 0 Å². The predicted molar refractivity (Wildman–Crippen MR) is 79.9 cm³/mol. The van der Waals surface area contributed by atoms with Crippen LogP contribution >= 0.6 is 0 Å². The lowest BCUT2D eigenvalue weighted by Gasteiger charge is -2.09. The van der Waals surface area contributed by atoms with Crippen LogP contribution in [0.1, 0.15) is 11.3 Å². The Hall–Kier alpha value is -2.22. The van der Waals surface area contributed by atoms with Gasteiger partial charge in [-0.25, -0.2) is 4.39 Å². The van der Waals surface area contributed by atoms with Gasteiger partial charge in [-0.05, 0) is 55.5 Å². The van der Waals surface area contributed by atoms with Gasteiger partial charge in [-0.2, -0.15) is 0 Å². The average molecular weight is 263 g/mol. The molecule has 1 heterocycles. The van der Waals surface area contributed by atoms with Gasteiger partial charge in [0.1, 0.15) is 5.82 Å². The van der Waals surface area contributed by atoms with Crippen LogP contribution in [0.25, 0.3) is 22.0 Å². The molecule has 2 aromatic carbocycles. The Morgan fingerprint density at radius 2 is 1.90 bits per heavy atom. The summed E-state index contributed by atoms with van der Waals surface area (Å²) in [6, 6.07) is 15.1. The lowest BCUT2D eigenvalue weighted by atomic mass is 10.0. The summed E-state index contributed by atoms with van der Waals surface area (Å²) in [5.74, 6) is -0.201. The highest BCUT2D eigenvalue weighted by atomic mass is 19.1. The van der Waals surface area contributed by atoms with Crippen LogP contribution in [0.15, 0.2) is 48.5 Å². The molecule has 98 valence electrons. The van der Waals surface area contributed by atoms with E-state index in [0.29, 0.717) is 12.0 Å². The van der Waals surface area contributed by atoms with Crippen molar-refractivity contribution in [3.63, 3.8) is 0 Å². The molecule has 2 radical (unpaired) electrons. The first-order valence-electron chi connectivity index (χ1n) is 6.54. The Morgan fingerprint density at radius 1 is 1.10 bits per heavy atom. The number of rotatable bonds is 2. The van der Waals surface area contributed by atoms with E-state index >= 15 is 0 Å². The maximum Gasteiger partial charge on any atom is 0.126 e. The summed E-state index contributed by atoms with van der Waals surface area (Å²) >= 11 is 0. The van der Waals surface area contributed by atoms with E-state index in [2.05, 4.69) is 4.98 Å². The number of halogens is 1. The molecule has 0 unspecified atom stereocenters. The smallest absolute Gasteiger partial charge is 0.126 e. The number of benzene rings is 2. The molecule has 0 saturated carbocycles. The minimum absolute atomic E-state index is 0.201. The summed E-state index contributed by atoms with van der Waals surface area (Å²) in [7, 11) is 0. The summed E-state index contributed by atoms with van der Waals surface area (Å²) < 4.78 is 13.4. The normalized spacial score (nSPS) is 10.9. The van der Waals surface area contributed by atoms with Gasteiger partial charge in [0.15, 0.2) is 0 Å². The van der Waals surface area contributed by atoms with Gasteiger partial charge in [0.2, 0.25) is 0 Å². The van der Waals surface area contributed by atoms with Gasteiger partial charge in [0.25, 0.3) is 0 Å². The monoisotopic (exact) mass is 263 g/mol. The van der Waals surface area contributed by atoms with Crippen molar-refractivity contribution in [3.05, 3.63) is 72.5 Å². The van der Waals surface area contributed by atoms with Crippen LogP contribution in [0.5, 0.6) is 0 Å². The van der Waals surface area contributed by atoms with Gasteiger partial charge in [0, 0.05) is 16.6 Å². The third-order valence-corrected chi connectivity index (χ3v) is 3.43. The summed E-state index contributed by atoms with van der Waals surface area (Å²) in [5.41, 5.74) is 3.22. The topological polar surface area (TPSA) is 12.9 Å². The van der Waals surface area contributed by atoms with Gasteiger partial charge < -0.3 is 0 Å². The fourth-order valence-corrected chi connectivity index (χ4v) is 2.37. The molecule has 20 heavy (non-hydrogen) atoms. The van der Waals surface area contributed by atoms with Crippen molar-refractivity contribution in [1.29, 1.82) is 0 Å². The van der Waals surface area contributed by atoms with Crippen molar-refractivity contribution in [2.24, 2.45) is 0 Å². The Balaban J connectivity index is 2.30. The molecule has 0 amide bonds. The van der Waals surface area contributed by atoms with E-state index in [4.69, 9.17) is 6.92 Å². The molecule has 3 aromatic rings. The highest BCUT2D eigenvalue weighted by Crippen LogP contribution is 2.28. The molecule has 0 spiro atoms. The molecule has 0 aliphatic carbocycles. The van der Waals surface area contributed by atoms with Gasteiger partial charge in [-0.3, -0.25) is 4.98 Å². The highest BCUT2D eigenvalue weighted by Gasteiger charge is 2.09. The number of aryl methyl sites for hydroxylation is 1. The minimum atomic E-state index is -0.201. The second-order valence-electron chi connectivity index (χ2n) is 4.85. The third-order valence-electron chi connectivity index (χ3n) is 3.43. The van der Waals surface area contributed by atoms with Crippen molar-refractivity contribution in [1.82, 2.24) is 4.98 Å². The fourth-order valence-electron chi connectivity index (χ4n) is 2.37. The summed E-state index contributed by atoms with van der Waals surface area (Å²) in [5, 5.41) is 2.15. The first-order chi connectivity index (χ1) is 9.69. The molecule has 0 fully saturated rings. The maximum atomic E-state index is 13.4. The van der Waals surface area contributed by atoms with Crippen LogP contribution in [0.3, 0.4) is 0 Å². The molecule has 1 aromatic heterocycles. The van der Waals surface area contributed by atoms with E-state index in [0.717, 1.165) is 27.7 Å². The number of aromatic nitrogens is 1. The van der Waals surface area contributed by atoms with Crippen molar-refractivity contribution in [3.8, 4) is 11.3 Å². The van der Waals surface area contributed by atoms with Crippen molar-refractivity contribution >= 4 is 10.8 Å². The predicted octanol–water partition coefficient (Wildman–Crippen LogP) is 4.60. The Labute approximate surface area is 118 Å². The van der Waals surface area contributed by atoms with E-state index in [9.17, 15) is 4.39 Å². The van der Waals surface area contributed by atoms with Crippen LogP contribution < -0.4 is 0 Å². The molecule has 0 saturated heterocycles. The van der Waals surface area contributed by atoms with Crippen LogP contribution in [0, 0.1) is 19.7 Å². The largest absolute Gasteiger partial charge is 0.252 e. The summed E-state index contributed by atoms with van der Waals surface area (Å²) in [4.78, 5) is 4.61. The Morgan fingerprint density at radius 3 is 2.65 bits per heavy atom. The standard InChI is InChI=1S/C18H14FN/c1-3-15-11-13-6-4-5-7-16(13)18(20-15)14-8-9-17(19)12(2)10-14/h1,4-11H,3H2,2H3. The quantitative estimate of drug-likeness (QED) is 0.658. The fraction of sp³-hybridized carbons (Fsp3) is 0.111. The van der Waals surface area contributed by atoms with Gasteiger partial charge in [0.05, 0.1) is 5.69 Å². The first kappa shape index (κ1) is 12.8.